The maximum Gasteiger partial charge on any atom is 0.422 e. The number of aromatic nitrogens is 2. The minimum atomic E-state index is -4.46. The van der Waals surface area contributed by atoms with Gasteiger partial charge in [0.25, 0.3) is 0 Å². The van der Waals surface area contributed by atoms with Crippen LogP contribution in [0.15, 0.2) is 24.8 Å². The van der Waals surface area contributed by atoms with E-state index >= 15 is 0 Å². The molecule has 0 bridgehead atoms. The lowest BCUT2D eigenvalue weighted by Crippen LogP contribution is -2.26. The van der Waals surface area contributed by atoms with Crippen molar-refractivity contribution in [3.63, 3.8) is 0 Å². The summed E-state index contributed by atoms with van der Waals surface area (Å²) in [6, 6.07) is 2.53. The fourth-order valence-electron chi connectivity index (χ4n) is 1.35. The third-order valence-electron chi connectivity index (χ3n) is 2.37. The molecule has 0 amide bonds. The molecule has 10 heteroatoms. The van der Waals surface area contributed by atoms with Crippen LogP contribution < -0.4 is 9.46 Å². The maximum atomic E-state index is 11.9. The van der Waals surface area contributed by atoms with Crippen molar-refractivity contribution in [1.82, 2.24) is 14.9 Å². The van der Waals surface area contributed by atoms with Gasteiger partial charge < -0.3 is 4.74 Å². The van der Waals surface area contributed by atoms with Crippen LogP contribution in [0, 0.1) is 0 Å². The highest BCUT2D eigenvalue weighted by Crippen LogP contribution is 2.16. The monoisotopic (exact) mass is 339 g/mol. The SMILES string of the molecule is C=CCCCS(=O)(=O)NCc1ccc(OCC(F)(F)F)nn1. The number of halogens is 3. The van der Waals surface area contributed by atoms with E-state index in [1.165, 1.54) is 12.1 Å². The predicted molar refractivity (Wildman–Crippen MR) is 73.6 cm³/mol. The van der Waals surface area contributed by atoms with Crippen LogP contribution in [0.3, 0.4) is 0 Å². The topological polar surface area (TPSA) is 81.2 Å². The molecular formula is C12H16F3N3O3S. The lowest BCUT2D eigenvalue weighted by atomic mass is 10.3. The summed E-state index contributed by atoms with van der Waals surface area (Å²) in [6.45, 7) is 1.94. The van der Waals surface area contributed by atoms with Gasteiger partial charge in [-0.3, -0.25) is 0 Å². The van der Waals surface area contributed by atoms with Crippen LogP contribution in [0.4, 0.5) is 13.2 Å². The number of ether oxygens (including phenoxy) is 1. The highest BCUT2D eigenvalue weighted by atomic mass is 32.2. The van der Waals surface area contributed by atoms with Crippen molar-refractivity contribution in [2.24, 2.45) is 0 Å². The minimum absolute atomic E-state index is 0.0424. The third-order valence-corrected chi connectivity index (χ3v) is 3.78. The van der Waals surface area contributed by atoms with Crippen LogP contribution in [0.2, 0.25) is 0 Å². The zero-order valence-electron chi connectivity index (χ0n) is 11.6. The predicted octanol–water partition coefficient (Wildman–Crippen LogP) is 1.80. The summed E-state index contributed by atoms with van der Waals surface area (Å²) in [7, 11) is -3.44. The van der Waals surface area contributed by atoms with E-state index in [0.29, 0.717) is 12.8 Å². The fourth-order valence-corrected chi connectivity index (χ4v) is 2.41. The highest BCUT2D eigenvalue weighted by molar-refractivity contribution is 7.89. The number of unbranched alkanes of at least 4 members (excludes halogenated alkanes) is 1. The quantitative estimate of drug-likeness (QED) is 0.548. The number of hydrogen-bond donors (Lipinski definition) is 1. The maximum absolute atomic E-state index is 11.9. The van der Waals surface area contributed by atoms with Crippen molar-refractivity contribution in [2.75, 3.05) is 12.4 Å². The first-order valence-electron chi connectivity index (χ1n) is 6.32. The molecule has 1 N–H and O–H groups in total. The molecule has 6 nitrogen and oxygen atoms in total. The zero-order valence-corrected chi connectivity index (χ0v) is 12.5. The number of allylic oxidation sites excluding steroid dienone is 1. The summed E-state index contributed by atoms with van der Waals surface area (Å²) < 4.78 is 65.8. The number of alkyl halides is 3. The second kappa shape index (κ2) is 8.08. The van der Waals surface area contributed by atoms with Gasteiger partial charge in [0, 0.05) is 6.07 Å². The molecule has 0 spiro atoms. The van der Waals surface area contributed by atoms with Crippen molar-refractivity contribution in [2.45, 2.75) is 25.6 Å². The molecule has 1 rings (SSSR count). The Labute approximate surface area is 126 Å². The fraction of sp³-hybridized carbons (Fsp3) is 0.500. The number of hydrogen-bond acceptors (Lipinski definition) is 5. The van der Waals surface area contributed by atoms with Gasteiger partial charge in [0.05, 0.1) is 18.0 Å². The molecular weight excluding hydrogens is 323 g/mol. The lowest BCUT2D eigenvalue weighted by Gasteiger charge is -2.08. The standard InChI is InChI=1S/C12H16F3N3O3S/c1-2-3-4-7-22(19,20)16-8-10-5-6-11(18-17-10)21-9-12(13,14)15/h2,5-6,16H,1,3-4,7-9H2. The Morgan fingerprint density at radius 1 is 1.32 bits per heavy atom. The number of sulfonamides is 1. The minimum Gasteiger partial charge on any atom is -0.467 e. The van der Waals surface area contributed by atoms with Crippen LogP contribution in [0.5, 0.6) is 5.88 Å². The Kier molecular flexibility index (Phi) is 6.75. The molecule has 0 fully saturated rings. The van der Waals surface area contributed by atoms with Crippen molar-refractivity contribution >= 4 is 10.0 Å². The van der Waals surface area contributed by atoms with E-state index in [4.69, 9.17) is 0 Å². The summed E-state index contributed by atoms with van der Waals surface area (Å²) in [5, 5.41) is 7.03. The second-order valence-corrected chi connectivity index (χ2v) is 6.26. The number of rotatable bonds is 9. The van der Waals surface area contributed by atoms with E-state index < -0.39 is 22.8 Å². The molecule has 0 saturated heterocycles. The molecule has 0 saturated carbocycles. The average molecular weight is 339 g/mol. The average Bonchev–Trinajstić information content (AvgIpc) is 2.43. The van der Waals surface area contributed by atoms with Gasteiger partial charge in [0.2, 0.25) is 15.9 Å². The van der Waals surface area contributed by atoms with Crippen molar-refractivity contribution < 1.29 is 26.3 Å². The largest absolute Gasteiger partial charge is 0.467 e. The lowest BCUT2D eigenvalue weighted by molar-refractivity contribution is -0.154. The van der Waals surface area contributed by atoms with E-state index in [-0.39, 0.29) is 23.9 Å². The Hall–Kier alpha value is -1.68. The molecule has 124 valence electrons. The summed E-state index contributed by atoms with van der Waals surface area (Å²) >= 11 is 0. The molecule has 0 aromatic carbocycles. The normalized spacial score (nSPS) is 12.1. The van der Waals surface area contributed by atoms with Gasteiger partial charge in [-0.2, -0.15) is 18.3 Å². The molecule has 1 aromatic rings. The third kappa shape index (κ3) is 7.93. The zero-order chi connectivity index (χ0) is 16.6. The first kappa shape index (κ1) is 18.4. The van der Waals surface area contributed by atoms with Crippen LogP contribution in [-0.2, 0) is 16.6 Å². The Bertz CT molecular complexity index is 574. The van der Waals surface area contributed by atoms with Crippen LogP contribution in [0.25, 0.3) is 0 Å². The van der Waals surface area contributed by atoms with Crippen LogP contribution in [-0.4, -0.2) is 37.2 Å². The highest BCUT2D eigenvalue weighted by Gasteiger charge is 2.28. The van der Waals surface area contributed by atoms with E-state index in [1.54, 1.807) is 6.08 Å². The first-order valence-corrected chi connectivity index (χ1v) is 7.97. The second-order valence-electron chi connectivity index (χ2n) is 4.34. The summed E-state index contributed by atoms with van der Waals surface area (Å²) in [6.07, 6.45) is -1.79. The molecule has 0 unspecified atom stereocenters. The molecule has 0 aliphatic carbocycles. The summed E-state index contributed by atoms with van der Waals surface area (Å²) in [5.41, 5.74) is 0.270. The Morgan fingerprint density at radius 3 is 2.59 bits per heavy atom. The number of nitrogens with zero attached hydrogens (tertiary/aromatic N) is 2. The van der Waals surface area contributed by atoms with Gasteiger partial charge in [-0.15, -0.1) is 11.7 Å². The molecule has 0 aliphatic heterocycles. The van der Waals surface area contributed by atoms with Crippen molar-refractivity contribution in [3.8, 4) is 5.88 Å². The smallest absolute Gasteiger partial charge is 0.422 e. The Morgan fingerprint density at radius 2 is 2.05 bits per heavy atom. The van der Waals surface area contributed by atoms with Crippen LogP contribution >= 0.6 is 0 Å². The van der Waals surface area contributed by atoms with Crippen LogP contribution in [0.1, 0.15) is 18.5 Å². The first-order chi connectivity index (χ1) is 10.2. The van der Waals surface area contributed by atoms with Gasteiger partial charge >= 0.3 is 6.18 Å². The van der Waals surface area contributed by atoms with Crippen molar-refractivity contribution in [1.29, 1.82) is 0 Å². The van der Waals surface area contributed by atoms with E-state index in [1.807, 2.05) is 0 Å². The van der Waals surface area contributed by atoms with Gasteiger partial charge in [-0.05, 0) is 18.9 Å². The van der Waals surface area contributed by atoms with E-state index in [9.17, 15) is 21.6 Å². The van der Waals surface area contributed by atoms with Gasteiger partial charge in [-0.25, -0.2) is 13.1 Å². The molecule has 0 aliphatic rings. The van der Waals surface area contributed by atoms with Crippen molar-refractivity contribution in [3.05, 3.63) is 30.5 Å². The number of nitrogens with one attached hydrogen (secondary N) is 1. The molecule has 1 heterocycles. The Balaban J connectivity index is 2.45. The summed E-state index contributed by atoms with van der Waals surface area (Å²) in [5.74, 6) is -0.325. The molecule has 0 radical (unpaired) electrons. The van der Waals surface area contributed by atoms with E-state index in [2.05, 4.69) is 26.2 Å². The summed E-state index contributed by atoms with van der Waals surface area (Å²) in [4.78, 5) is 0. The molecule has 22 heavy (non-hydrogen) atoms. The molecule has 0 atom stereocenters. The van der Waals surface area contributed by atoms with Gasteiger partial charge in [0.1, 0.15) is 0 Å². The van der Waals surface area contributed by atoms with Gasteiger partial charge in [-0.1, -0.05) is 6.08 Å². The molecule has 1 aromatic heterocycles. The van der Waals surface area contributed by atoms with Gasteiger partial charge in [0.15, 0.2) is 6.61 Å². The van der Waals surface area contributed by atoms with E-state index in [0.717, 1.165) is 0 Å².